The summed E-state index contributed by atoms with van der Waals surface area (Å²) in [5.74, 6) is -1.88. The van der Waals surface area contributed by atoms with Crippen LogP contribution >= 0.6 is 0 Å². The van der Waals surface area contributed by atoms with E-state index >= 15 is 0 Å². The molecule has 3 aromatic carbocycles. The SMILES string of the molecule is COc1ccc2ccc(S(=O)(=O)N(C)[C@H]3CCN(Cc4cccc5nc(N)ccc45)C3=O)cc2c1.O=C(O)C(F)(F)F. The van der Waals surface area contributed by atoms with Gasteiger partial charge in [0.15, 0.2) is 0 Å². The summed E-state index contributed by atoms with van der Waals surface area (Å²) in [7, 11) is -0.840. The van der Waals surface area contributed by atoms with Crippen molar-refractivity contribution in [3.8, 4) is 5.75 Å². The Bertz CT molecular complexity index is 1760. The second-order valence-electron chi connectivity index (χ2n) is 9.48. The number of carboxylic acids is 1. The Kier molecular flexibility index (Phi) is 8.59. The fourth-order valence-corrected chi connectivity index (χ4v) is 6.00. The van der Waals surface area contributed by atoms with Crippen LogP contribution in [0.3, 0.4) is 0 Å². The van der Waals surface area contributed by atoms with Gasteiger partial charge in [-0.25, -0.2) is 18.2 Å². The smallest absolute Gasteiger partial charge is 0.490 e. The van der Waals surface area contributed by atoms with E-state index in [9.17, 15) is 26.4 Å². The van der Waals surface area contributed by atoms with Crippen LogP contribution in [-0.2, 0) is 26.2 Å². The number of aliphatic carboxylic acids is 1. The van der Waals surface area contributed by atoms with Crippen LogP contribution in [0.2, 0.25) is 0 Å². The Hall–Kier alpha value is -4.43. The number of methoxy groups -OCH3 is 1. The van der Waals surface area contributed by atoms with E-state index in [2.05, 4.69) is 4.98 Å². The molecule has 1 saturated heterocycles. The molecule has 42 heavy (non-hydrogen) atoms. The average molecular weight is 605 g/mol. The third kappa shape index (κ3) is 6.39. The van der Waals surface area contributed by atoms with Gasteiger partial charge in [0.2, 0.25) is 15.9 Å². The molecule has 1 aliphatic heterocycles. The molecule has 0 saturated carbocycles. The number of hydrogen-bond acceptors (Lipinski definition) is 7. The highest BCUT2D eigenvalue weighted by molar-refractivity contribution is 7.89. The number of likely N-dealkylation sites (tertiary alicyclic amines) is 1. The molecule has 1 amide bonds. The first-order chi connectivity index (χ1) is 19.7. The number of likely N-dealkylation sites (N-methyl/N-ethyl adjacent to an activating group) is 1. The molecule has 1 fully saturated rings. The van der Waals surface area contributed by atoms with Gasteiger partial charge in [-0.2, -0.15) is 17.5 Å². The van der Waals surface area contributed by atoms with Gasteiger partial charge in [0.1, 0.15) is 17.6 Å². The number of sulfonamides is 1. The molecule has 2 heterocycles. The van der Waals surface area contributed by atoms with Crippen molar-refractivity contribution in [3.05, 3.63) is 72.3 Å². The summed E-state index contributed by atoms with van der Waals surface area (Å²) < 4.78 is 65.1. The first kappa shape index (κ1) is 30.5. The van der Waals surface area contributed by atoms with E-state index in [1.807, 2.05) is 36.4 Å². The molecular weight excluding hydrogens is 577 g/mol. The number of carboxylic acid groups (broad SMARTS) is 1. The molecule has 222 valence electrons. The number of aromatic nitrogens is 1. The molecule has 1 aliphatic rings. The van der Waals surface area contributed by atoms with Crippen LogP contribution in [0.1, 0.15) is 12.0 Å². The Labute approximate surface area is 239 Å². The maximum absolute atomic E-state index is 13.4. The van der Waals surface area contributed by atoms with E-state index in [1.165, 1.54) is 11.4 Å². The number of anilines is 1. The van der Waals surface area contributed by atoms with E-state index in [0.717, 1.165) is 27.2 Å². The molecule has 0 unspecified atom stereocenters. The van der Waals surface area contributed by atoms with E-state index in [-0.39, 0.29) is 10.8 Å². The number of nitrogens with two attached hydrogens (primary N) is 1. The van der Waals surface area contributed by atoms with E-state index in [1.54, 1.807) is 42.3 Å². The van der Waals surface area contributed by atoms with Crippen LogP contribution in [0.4, 0.5) is 19.0 Å². The van der Waals surface area contributed by atoms with Crippen molar-refractivity contribution in [1.82, 2.24) is 14.2 Å². The molecule has 5 rings (SSSR count). The monoisotopic (exact) mass is 604 g/mol. The van der Waals surface area contributed by atoms with Gasteiger partial charge in [0.05, 0.1) is 17.5 Å². The van der Waals surface area contributed by atoms with Crippen molar-refractivity contribution in [2.75, 3.05) is 26.4 Å². The van der Waals surface area contributed by atoms with Crippen LogP contribution < -0.4 is 10.5 Å². The zero-order valence-electron chi connectivity index (χ0n) is 22.5. The predicted octanol–water partition coefficient (Wildman–Crippen LogP) is 4.03. The lowest BCUT2D eigenvalue weighted by Gasteiger charge is -2.24. The maximum atomic E-state index is 13.4. The van der Waals surface area contributed by atoms with Gasteiger partial charge in [0.25, 0.3) is 0 Å². The number of nitrogens with zero attached hydrogens (tertiary/aromatic N) is 3. The van der Waals surface area contributed by atoms with Crippen molar-refractivity contribution in [2.24, 2.45) is 0 Å². The molecule has 0 bridgehead atoms. The number of carbonyl (C=O) groups excluding carboxylic acids is 1. The fraction of sp³-hybridized carbons (Fsp3) is 0.250. The second-order valence-corrected chi connectivity index (χ2v) is 11.5. The molecule has 4 aromatic rings. The fourth-order valence-electron chi connectivity index (χ4n) is 4.62. The first-order valence-electron chi connectivity index (χ1n) is 12.5. The molecule has 0 radical (unpaired) electrons. The zero-order valence-corrected chi connectivity index (χ0v) is 23.3. The number of amides is 1. The van der Waals surface area contributed by atoms with Gasteiger partial charge in [0, 0.05) is 25.5 Å². The molecular formula is C28H27F3N4O6S. The number of pyridine rings is 1. The van der Waals surface area contributed by atoms with Crippen LogP contribution in [0.15, 0.2) is 71.6 Å². The Morgan fingerprint density at radius 1 is 1.12 bits per heavy atom. The minimum atomic E-state index is -5.08. The molecule has 3 N–H and O–H groups in total. The summed E-state index contributed by atoms with van der Waals surface area (Å²) in [5.41, 5.74) is 7.51. The highest BCUT2D eigenvalue weighted by atomic mass is 32.2. The van der Waals surface area contributed by atoms with Crippen LogP contribution in [0.5, 0.6) is 5.75 Å². The Balaban J connectivity index is 0.000000517. The van der Waals surface area contributed by atoms with Crippen molar-refractivity contribution >= 4 is 49.4 Å². The molecule has 0 spiro atoms. The van der Waals surface area contributed by atoms with Crippen molar-refractivity contribution in [2.45, 2.75) is 30.1 Å². The largest absolute Gasteiger partial charge is 0.497 e. The summed E-state index contributed by atoms with van der Waals surface area (Å²) in [4.78, 5) is 28.4. The van der Waals surface area contributed by atoms with E-state index < -0.39 is 28.2 Å². The minimum Gasteiger partial charge on any atom is -0.497 e. The molecule has 1 atom stereocenters. The summed E-state index contributed by atoms with van der Waals surface area (Å²) >= 11 is 0. The maximum Gasteiger partial charge on any atom is 0.490 e. The summed E-state index contributed by atoms with van der Waals surface area (Å²) in [5, 5.41) is 9.70. The third-order valence-electron chi connectivity index (χ3n) is 6.85. The minimum absolute atomic E-state index is 0.143. The Morgan fingerprint density at radius 2 is 1.81 bits per heavy atom. The highest BCUT2D eigenvalue weighted by Gasteiger charge is 2.40. The molecule has 14 heteroatoms. The number of alkyl halides is 3. The highest BCUT2D eigenvalue weighted by Crippen LogP contribution is 2.29. The third-order valence-corrected chi connectivity index (χ3v) is 8.71. The zero-order chi connectivity index (χ0) is 30.8. The van der Waals surface area contributed by atoms with Crippen molar-refractivity contribution < 1.29 is 41.0 Å². The van der Waals surface area contributed by atoms with E-state index in [0.29, 0.717) is 31.1 Å². The molecule has 10 nitrogen and oxygen atoms in total. The van der Waals surface area contributed by atoms with Gasteiger partial charge in [-0.05, 0) is 65.2 Å². The predicted molar refractivity (Wildman–Crippen MR) is 149 cm³/mol. The summed E-state index contributed by atoms with van der Waals surface area (Å²) in [6.07, 6.45) is -4.66. The summed E-state index contributed by atoms with van der Waals surface area (Å²) in [6.45, 7) is 0.846. The van der Waals surface area contributed by atoms with Crippen LogP contribution in [-0.4, -0.2) is 72.5 Å². The number of carbonyl (C=O) groups is 2. The second kappa shape index (κ2) is 11.8. The number of nitrogen functional groups attached to an aromatic ring is 1. The summed E-state index contributed by atoms with van der Waals surface area (Å²) in [6, 6.07) is 19.0. The number of ether oxygens (including phenoxy) is 1. The standard InChI is InChI=1S/C26H26N4O4S.C2HF3O2/c1-29(35(32,33)21-9-7-17-6-8-20(34-2)14-19(17)15-21)24-12-13-30(26(24)31)16-18-4-3-5-23-22(18)10-11-25(27)28-23;3-2(4,5)1(6)7/h3-11,14-15,24H,12-13,16H2,1-2H3,(H2,27,28);(H,6,7)/t24-;/m0./s1. The normalized spacial score (nSPS) is 15.6. The first-order valence-corrected chi connectivity index (χ1v) is 13.9. The van der Waals surface area contributed by atoms with Gasteiger partial charge in [-0.1, -0.05) is 24.3 Å². The lowest BCUT2D eigenvalue weighted by atomic mass is 10.1. The average Bonchev–Trinajstić information content (AvgIpc) is 3.31. The van der Waals surface area contributed by atoms with Crippen molar-refractivity contribution in [3.63, 3.8) is 0 Å². The topological polar surface area (TPSA) is 143 Å². The number of fused-ring (bicyclic) bond motifs is 2. The lowest BCUT2D eigenvalue weighted by Crippen LogP contribution is -2.42. The van der Waals surface area contributed by atoms with Crippen molar-refractivity contribution in [1.29, 1.82) is 0 Å². The Morgan fingerprint density at radius 3 is 2.48 bits per heavy atom. The number of rotatable bonds is 6. The van der Waals surface area contributed by atoms with Gasteiger partial charge in [-0.3, -0.25) is 4.79 Å². The van der Waals surface area contributed by atoms with E-state index in [4.69, 9.17) is 20.4 Å². The molecule has 1 aromatic heterocycles. The lowest BCUT2D eigenvalue weighted by molar-refractivity contribution is -0.192. The van der Waals surface area contributed by atoms with Crippen LogP contribution in [0.25, 0.3) is 21.7 Å². The van der Waals surface area contributed by atoms with Gasteiger partial charge < -0.3 is 20.5 Å². The number of hydrogen-bond donors (Lipinski definition) is 2. The molecule has 0 aliphatic carbocycles. The number of halogens is 3. The van der Waals surface area contributed by atoms with Crippen LogP contribution in [0, 0.1) is 0 Å². The van der Waals surface area contributed by atoms with Gasteiger partial charge >= 0.3 is 12.1 Å². The quantitative estimate of drug-likeness (QED) is 0.336. The van der Waals surface area contributed by atoms with Gasteiger partial charge in [-0.15, -0.1) is 0 Å². The number of benzene rings is 3.